The lowest BCUT2D eigenvalue weighted by Gasteiger charge is -2.61. The van der Waals surface area contributed by atoms with Gasteiger partial charge in [-0.25, -0.2) is 0 Å². The number of hydrogen-bond acceptors (Lipinski definition) is 5. The molecule has 0 bridgehead atoms. The first-order valence-electron chi connectivity index (χ1n) is 20.5. The highest BCUT2D eigenvalue weighted by Gasteiger charge is 2.71. The highest BCUT2D eigenvalue weighted by Crippen LogP contribution is 2.74. The summed E-state index contributed by atoms with van der Waals surface area (Å²) in [6, 6.07) is 2.95. The first-order valence-corrected chi connectivity index (χ1v) is 20.5. The van der Waals surface area contributed by atoms with Crippen molar-refractivity contribution in [1.82, 2.24) is 16.0 Å². The van der Waals surface area contributed by atoms with Gasteiger partial charge in [-0.2, -0.15) is 5.26 Å². The maximum Gasteiger partial charge on any atom is 0.0835 e. The summed E-state index contributed by atoms with van der Waals surface area (Å²) < 4.78 is 6.99. The highest BCUT2D eigenvalue weighted by molar-refractivity contribution is 5.33. The predicted octanol–water partition coefficient (Wildman–Crippen LogP) is 8.02. The van der Waals surface area contributed by atoms with Crippen LogP contribution < -0.4 is 16.0 Å². The average molecular weight is 669 g/mol. The van der Waals surface area contributed by atoms with E-state index in [-0.39, 0.29) is 42.0 Å². The van der Waals surface area contributed by atoms with Crippen LogP contribution in [0.1, 0.15) is 70.6 Å². The largest absolute Gasteiger partial charge is 0.366 e. The Morgan fingerprint density at radius 3 is 2.38 bits per heavy atom. The fourth-order valence-electron chi connectivity index (χ4n) is 13.9. The third kappa shape index (κ3) is 4.99. The Labute approximate surface area is 299 Å². The van der Waals surface area contributed by atoms with Crippen molar-refractivity contribution in [3.63, 3.8) is 0 Å². The van der Waals surface area contributed by atoms with Gasteiger partial charge in [-0.05, 0) is 110 Å². The lowest BCUT2D eigenvalue weighted by molar-refractivity contribution is -0.184. The van der Waals surface area contributed by atoms with Gasteiger partial charge in [0.15, 0.2) is 0 Å². The number of rotatable bonds is 3. The third-order valence-corrected chi connectivity index (χ3v) is 15.6. The molecule has 2 aliphatic heterocycles. The zero-order valence-corrected chi connectivity index (χ0v) is 29.5. The SMILES string of the molecule is N#CC1CC2C(C3CCCCC13)C1CC(C3NC(C4=CC=CCC4)NC(C4C=CC=CC4)N3)C=CC1C21C2C=CC=CC2OC2C=CCCC21. The van der Waals surface area contributed by atoms with Crippen LogP contribution in [0.25, 0.3) is 0 Å². The molecule has 3 N–H and O–H groups in total. The topological polar surface area (TPSA) is 69.1 Å². The molecule has 1 spiro atoms. The molecule has 2 heterocycles. The number of ether oxygens (including phenoxy) is 1. The van der Waals surface area contributed by atoms with E-state index in [2.05, 4.69) is 113 Å². The Balaban J connectivity index is 1.05. The van der Waals surface area contributed by atoms with Gasteiger partial charge in [0.25, 0.3) is 0 Å². The summed E-state index contributed by atoms with van der Waals surface area (Å²) >= 11 is 0. The molecule has 0 radical (unpaired) electrons. The molecule has 0 aromatic heterocycles. The third-order valence-electron chi connectivity index (χ3n) is 15.6. The van der Waals surface area contributed by atoms with Crippen LogP contribution in [0.3, 0.4) is 0 Å². The fourth-order valence-corrected chi connectivity index (χ4v) is 13.9. The van der Waals surface area contributed by atoms with Gasteiger partial charge in [0.1, 0.15) is 0 Å². The molecular formula is C45H56N4O. The van der Waals surface area contributed by atoms with Gasteiger partial charge in [0.05, 0.1) is 36.8 Å². The highest BCUT2D eigenvalue weighted by atomic mass is 16.5. The van der Waals surface area contributed by atoms with Crippen molar-refractivity contribution < 1.29 is 4.74 Å². The van der Waals surface area contributed by atoms with Crippen molar-refractivity contribution in [3.05, 3.63) is 96.7 Å². The summed E-state index contributed by atoms with van der Waals surface area (Å²) in [4.78, 5) is 0. The van der Waals surface area contributed by atoms with Gasteiger partial charge < -0.3 is 4.74 Å². The molecule has 0 amide bonds. The summed E-state index contributed by atoms with van der Waals surface area (Å²) in [5, 5.41) is 23.1. The lowest BCUT2D eigenvalue weighted by atomic mass is 9.46. The Morgan fingerprint density at radius 2 is 1.54 bits per heavy atom. The molecule has 8 aliphatic carbocycles. The molecule has 5 heteroatoms. The Morgan fingerprint density at radius 1 is 0.680 bits per heavy atom. The van der Waals surface area contributed by atoms with Gasteiger partial charge in [0, 0.05) is 23.7 Å². The van der Waals surface area contributed by atoms with E-state index in [0.717, 1.165) is 32.1 Å². The Bertz CT molecular complexity index is 1610. The van der Waals surface area contributed by atoms with Gasteiger partial charge in [-0.15, -0.1) is 0 Å². The quantitative estimate of drug-likeness (QED) is 0.266. The average Bonchev–Trinajstić information content (AvgIpc) is 3.48. The maximum atomic E-state index is 10.8. The Hall–Kier alpha value is -2.75. The summed E-state index contributed by atoms with van der Waals surface area (Å²) in [6.45, 7) is 0. The molecule has 262 valence electrons. The van der Waals surface area contributed by atoms with Crippen molar-refractivity contribution in [1.29, 1.82) is 5.26 Å². The minimum absolute atomic E-state index is 0.129. The van der Waals surface area contributed by atoms with E-state index in [1.54, 1.807) is 0 Å². The molecule has 5 nitrogen and oxygen atoms in total. The second-order valence-corrected chi connectivity index (χ2v) is 17.5. The van der Waals surface area contributed by atoms with E-state index in [1.807, 2.05) is 0 Å². The van der Waals surface area contributed by atoms with Crippen LogP contribution in [-0.2, 0) is 4.74 Å². The van der Waals surface area contributed by atoms with Crippen LogP contribution in [0.15, 0.2) is 96.7 Å². The number of hydrogen-bond donors (Lipinski definition) is 3. The summed E-state index contributed by atoms with van der Waals surface area (Å²) in [5.41, 5.74) is 1.62. The number of allylic oxidation sites excluding steroid dienone is 10. The number of fused-ring (bicyclic) bond motifs is 11. The van der Waals surface area contributed by atoms with E-state index < -0.39 is 0 Å². The Kier molecular flexibility index (Phi) is 8.32. The molecule has 2 saturated heterocycles. The van der Waals surface area contributed by atoms with Crippen molar-refractivity contribution in [3.8, 4) is 6.07 Å². The molecular weight excluding hydrogens is 613 g/mol. The van der Waals surface area contributed by atoms with Gasteiger partial charge in [-0.1, -0.05) is 104 Å². The number of nitrogens with zero attached hydrogens (tertiary/aromatic N) is 1. The predicted molar refractivity (Wildman–Crippen MR) is 199 cm³/mol. The summed E-state index contributed by atoms with van der Waals surface area (Å²) in [6.07, 6.45) is 49.9. The van der Waals surface area contributed by atoms with Crippen LogP contribution in [0.5, 0.6) is 0 Å². The molecule has 3 saturated carbocycles. The smallest absolute Gasteiger partial charge is 0.0835 e. The van der Waals surface area contributed by atoms with E-state index >= 15 is 0 Å². The normalized spacial score (nSPS) is 51.2. The van der Waals surface area contributed by atoms with E-state index in [1.165, 1.54) is 44.1 Å². The molecule has 0 aromatic rings. The molecule has 10 rings (SSSR count). The molecule has 17 unspecified atom stereocenters. The molecule has 50 heavy (non-hydrogen) atoms. The van der Waals surface area contributed by atoms with E-state index in [4.69, 9.17) is 4.74 Å². The van der Waals surface area contributed by atoms with E-state index in [9.17, 15) is 5.26 Å². The first kappa shape index (κ1) is 31.9. The monoisotopic (exact) mass is 668 g/mol. The van der Waals surface area contributed by atoms with Crippen LogP contribution in [-0.4, -0.2) is 30.7 Å². The lowest BCUT2D eigenvalue weighted by Crippen LogP contribution is -2.71. The van der Waals surface area contributed by atoms with Crippen molar-refractivity contribution in [2.24, 2.45) is 70.5 Å². The van der Waals surface area contributed by atoms with Crippen molar-refractivity contribution >= 4 is 0 Å². The standard InChI is InChI=1S/C45H56N4O/c46-27-31-26-38-41(33-18-8-7-17-32(31)33)34-25-30(44-48-42(28-13-3-1-4-14-28)47-43(49-44)29-15-5-2-6-16-29)23-24-35(34)45(38)36-19-9-11-21-39(36)50-40-22-12-10-20-37(40)45/h1-5,9,11-13,15,19,21-24,28,30-44,47-49H,6-8,10,14,16-18,20,25-26H2. The van der Waals surface area contributed by atoms with E-state index in [0.29, 0.717) is 59.2 Å². The first-order chi connectivity index (χ1) is 24.7. The molecule has 0 aromatic carbocycles. The summed E-state index contributed by atoms with van der Waals surface area (Å²) in [7, 11) is 0. The number of nitrogens with one attached hydrogen (secondary N) is 3. The second kappa shape index (κ2) is 13.0. The van der Waals surface area contributed by atoms with Crippen LogP contribution in [0, 0.1) is 81.8 Å². The van der Waals surface area contributed by atoms with Crippen LogP contribution in [0.4, 0.5) is 0 Å². The van der Waals surface area contributed by atoms with Crippen LogP contribution in [0.2, 0.25) is 0 Å². The number of nitriles is 1. The molecule has 10 aliphatic rings. The second-order valence-electron chi connectivity index (χ2n) is 17.5. The van der Waals surface area contributed by atoms with Gasteiger partial charge >= 0.3 is 0 Å². The fraction of sp³-hybridized carbons (Fsp3) is 0.622. The van der Waals surface area contributed by atoms with Crippen molar-refractivity contribution in [2.75, 3.05) is 0 Å². The van der Waals surface area contributed by atoms with Gasteiger partial charge in [0.2, 0.25) is 0 Å². The maximum absolute atomic E-state index is 10.8. The minimum atomic E-state index is 0.129. The zero-order valence-electron chi connectivity index (χ0n) is 29.5. The van der Waals surface area contributed by atoms with Crippen LogP contribution >= 0.6 is 0 Å². The van der Waals surface area contributed by atoms with Crippen molar-refractivity contribution in [2.45, 2.75) is 101 Å². The zero-order chi connectivity index (χ0) is 33.2. The van der Waals surface area contributed by atoms with Gasteiger partial charge in [-0.3, -0.25) is 16.0 Å². The minimum Gasteiger partial charge on any atom is -0.366 e. The summed E-state index contributed by atoms with van der Waals surface area (Å²) in [5.74, 6) is 5.67. The molecule has 17 atom stereocenters. The molecule has 5 fully saturated rings.